The fraction of sp³-hybridized carbons (Fsp3) is 0.714. The molecule has 1 saturated heterocycles. The number of aromatic nitrogens is 1. The lowest BCUT2D eigenvalue weighted by Gasteiger charge is -2.35. The Balaban J connectivity index is 1.91. The monoisotopic (exact) mass is 296 g/mol. The van der Waals surface area contributed by atoms with E-state index in [0.29, 0.717) is 18.5 Å². The number of amides is 1. The lowest BCUT2D eigenvalue weighted by Crippen LogP contribution is -2.45. The van der Waals surface area contributed by atoms with Gasteiger partial charge in [-0.05, 0) is 19.8 Å². The van der Waals surface area contributed by atoms with Crippen molar-refractivity contribution in [2.24, 2.45) is 5.73 Å². The third kappa shape index (κ3) is 4.01. The molecule has 0 aliphatic carbocycles. The molecule has 112 valence electrons. The second-order valence-corrected chi connectivity index (χ2v) is 6.74. The number of piperidine rings is 1. The van der Waals surface area contributed by atoms with Crippen molar-refractivity contribution < 1.29 is 4.79 Å². The number of rotatable bonds is 4. The van der Waals surface area contributed by atoms with E-state index in [2.05, 4.69) is 22.2 Å². The van der Waals surface area contributed by atoms with Gasteiger partial charge < -0.3 is 10.6 Å². The van der Waals surface area contributed by atoms with E-state index in [1.165, 1.54) is 0 Å². The van der Waals surface area contributed by atoms with Crippen LogP contribution in [0.25, 0.3) is 0 Å². The molecule has 1 aromatic rings. The highest BCUT2D eigenvalue weighted by atomic mass is 32.1. The minimum absolute atomic E-state index is 0.100. The number of likely N-dealkylation sites (N-methyl/N-ethyl adjacent to an activating group) is 1. The highest BCUT2D eigenvalue weighted by Crippen LogP contribution is 2.20. The van der Waals surface area contributed by atoms with Crippen LogP contribution < -0.4 is 5.73 Å². The molecule has 2 rings (SSSR count). The first-order valence-corrected chi connectivity index (χ1v) is 7.96. The van der Waals surface area contributed by atoms with E-state index < -0.39 is 0 Å². The topological polar surface area (TPSA) is 62.5 Å². The van der Waals surface area contributed by atoms with Gasteiger partial charge in [0.1, 0.15) is 5.01 Å². The molecule has 20 heavy (non-hydrogen) atoms. The van der Waals surface area contributed by atoms with Crippen molar-refractivity contribution in [3.8, 4) is 0 Å². The van der Waals surface area contributed by atoms with Gasteiger partial charge in [0.15, 0.2) is 0 Å². The van der Waals surface area contributed by atoms with Gasteiger partial charge in [0, 0.05) is 44.6 Å². The summed E-state index contributed by atoms with van der Waals surface area (Å²) < 4.78 is 0. The normalized spacial score (nSPS) is 23.8. The Kier molecular flexibility index (Phi) is 5.12. The van der Waals surface area contributed by atoms with E-state index >= 15 is 0 Å². The summed E-state index contributed by atoms with van der Waals surface area (Å²) in [6.07, 6.45) is 2.51. The van der Waals surface area contributed by atoms with Gasteiger partial charge in [-0.15, -0.1) is 11.3 Å². The van der Waals surface area contributed by atoms with E-state index in [9.17, 15) is 4.79 Å². The Hall–Kier alpha value is -0.980. The van der Waals surface area contributed by atoms with E-state index in [0.717, 1.165) is 36.6 Å². The Bertz CT molecular complexity index is 460. The first-order valence-electron chi connectivity index (χ1n) is 7.08. The zero-order valence-corrected chi connectivity index (χ0v) is 13.3. The third-order valence-corrected chi connectivity index (χ3v) is 4.72. The summed E-state index contributed by atoms with van der Waals surface area (Å²) in [5.41, 5.74) is 7.05. The van der Waals surface area contributed by atoms with Crippen LogP contribution in [0.3, 0.4) is 0 Å². The minimum Gasteiger partial charge on any atom is -0.348 e. The van der Waals surface area contributed by atoms with Crippen molar-refractivity contribution in [2.45, 2.75) is 44.8 Å². The molecule has 1 amide bonds. The second-order valence-electron chi connectivity index (χ2n) is 5.80. The number of thiazole rings is 1. The number of carbonyl (C=O) groups excluding carboxylic acids is 1. The molecule has 2 atom stereocenters. The van der Waals surface area contributed by atoms with Gasteiger partial charge >= 0.3 is 0 Å². The van der Waals surface area contributed by atoms with Crippen LogP contribution in [0.1, 0.15) is 30.5 Å². The van der Waals surface area contributed by atoms with Gasteiger partial charge in [0.2, 0.25) is 5.91 Å². The summed E-state index contributed by atoms with van der Waals surface area (Å²) in [7, 11) is 3.55. The van der Waals surface area contributed by atoms with Gasteiger partial charge in [-0.25, -0.2) is 4.98 Å². The molecule has 2 N–H and O–H groups in total. The molecule has 5 nitrogen and oxygen atoms in total. The first-order chi connectivity index (χ1) is 9.45. The molecule has 1 aliphatic rings. The molecule has 0 spiro atoms. The average Bonchev–Trinajstić information content (AvgIpc) is 2.80. The van der Waals surface area contributed by atoms with Crippen molar-refractivity contribution in [1.82, 2.24) is 14.8 Å². The van der Waals surface area contributed by atoms with Crippen LogP contribution >= 0.6 is 11.3 Å². The summed E-state index contributed by atoms with van der Waals surface area (Å²) in [4.78, 5) is 20.3. The molecular weight excluding hydrogens is 272 g/mol. The van der Waals surface area contributed by atoms with Crippen LogP contribution in [0.15, 0.2) is 5.38 Å². The van der Waals surface area contributed by atoms with Crippen LogP contribution in [-0.4, -0.2) is 53.4 Å². The predicted molar refractivity (Wildman–Crippen MR) is 81.6 cm³/mol. The van der Waals surface area contributed by atoms with E-state index in [-0.39, 0.29) is 5.91 Å². The Morgan fingerprint density at radius 2 is 2.35 bits per heavy atom. The Morgan fingerprint density at radius 1 is 1.60 bits per heavy atom. The number of likely N-dealkylation sites (tertiary alicyclic amines) is 1. The maximum absolute atomic E-state index is 11.7. The third-order valence-electron chi connectivity index (χ3n) is 3.82. The molecule has 2 heterocycles. The Labute approximate surface area is 124 Å². The molecule has 0 radical (unpaired) electrons. The van der Waals surface area contributed by atoms with Crippen LogP contribution in [0.5, 0.6) is 0 Å². The lowest BCUT2D eigenvalue weighted by atomic mass is 9.99. The van der Waals surface area contributed by atoms with E-state index in [4.69, 9.17) is 5.73 Å². The van der Waals surface area contributed by atoms with Gasteiger partial charge in [0.05, 0.1) is 12.1 Å². The summed E-state index contributed by atoms with van der Waals surface area (Å²) in [5, 5.41) is 2.97. The van der Waals surface area contributed by atoms with E-state index in [1.807, 2.05) is 0 Å². The number of hydrogen-bond donors (Lipinski definition) is 1. The summed E-state index contributed by atoms with van der Waals surface area (Å²) in [6, 6.07) is 0.845. The van der Waals surface area contributed by atoms with Gasteiger partial charge in [0.25, 0.3) is 0 Å². The van der Waals surface area contributed by atoms with Crippen LogP contribution in [0, 0.1) is 0 Å². The zero-order valence-electron chi connectivity index (χ0n) is 12.5. The highest BCUT2D eigenvalue weighted by Gasteiger charge is 2.23. The van der Waals surface area contributed by atoms with Crippen LogP contribution in [0.2, 0.25) is 0 Å². The van der Waals surface area contributed by atoms with Crippen molar-refractivity contribution in [1.29, 1.82) is 0 Å². The SMILES string of the molecule is CC1CC(N)CCN1Cc1csc(CC(=O)N(C)C)n1. The van der Waals surface area contributed by atoms with Gasteiger partial charge in [-0.2, -0.15) is 0 Å². The average molecular weight is 296 g/mol. The van der Waals surface area contributed by atoms with Crippen molar-refractivity contribution >= 4 is 17.2 Å². The van der Waals surface area contributed by atoms with Crippen molar-refractivity contribution in [2.75, 3.05) is 20.6 Å². The molecule has 0 saturated carbocycles. The molecule has 0 bridgehead atoms. The van der Waals surface area contributed by atoms with Gasteiger partial charge in [-0.1, -0.05) is 0 Å². The summed E-state index contributed by atoms with van der Waals surface area (Å²) in [5.74, 6) is 0.100. The van der Waals surface area contributed by atoms with Crippen molar-refractivity contribution in [3.63, 3.8) is 0 Å². The first kappa shape index (κ1) is 15.4. The van der Waals surface area contributed by atoms with Gasteiger partial charge in [-0.3, -0.25) is 9.69 Å². The molecule has 0 aromatic carbocycles. The quantitative estimate of drug-likeness (QED) is 0.903. The maximum Gasteiger partial charge on any atom is 0.228 e. The molecule has 2 unspecified atom stereocenters. The highest BCUT2D eigenvalue weighted by molar-refractivity contribution is 7.09. The molecule has 6 heteroatoms. The number of nitrogens with zero attached hydrogens (tertiary/aromatic N) is 3. The number of nitrogens with two attached hydrogens (primary N) is 1. The molecule has 1 fully saturated rings. The molecular formula is C14H24N4OS. The molecule has 1 aliphatic heterocycles. The van der Waals surface area contributed by atoms with Crippen LogP contribution in [-0.2, 0) is 17.8 Å². The smallest absolute Gasteiger partial charge is 0.228 e. The summed E-state index contributed by atoms with van der Waals surface area (Å²) >= 11 is 1.58. The Morgan fingerprint density at radius 3 is 3.00 bits per heavy atom. The van der Waals surface area contributed by atoms with E-state index in [1.54, 1.807) is 30.3 Å². The predicted octanol–water partition coefficient (Wildman–Crippen LogP) is 1.09. The standard InChI is InChI=1S/C14H24N4OS/c1-10-6-11(15)4-5-18(10)8-12-9-20-13(16-12)7-14(19)17(2)3/h9-11H,4-8,15H2,1-3H3. The largest absolute Gasteiger partial charge is 0.348 e. The number of hydrogen-bond acceptors (Lipinski definition) is 5. The van der Waals surface area contributed by atoms with Crippen LogP contribution in [0.4, 0.5) is 0 Å². The zero-order chi connectivity index (χ0) is 14.7. The van der Waals surface area contributed by atoms with Crippen molar-refractivity contribution in [3.05, 3.63) is 16.1 Å². The fourth-order valence-corrected chi connectivity index (χ4v) is 3.27. The summed E-state index contributed by atoms with van der Waals surface area (Å²) in [6.45, 7) is 4.12. The minimum atomic E-state index is 0.100. The second kappa shape index (κ2) is 6.65. The molecule has 1 aromatic heterocycles. The number of carbonyl (C=O) groups is 1. The fourth-order valence-electron chi connectivity index (χ4n) is 2.49. The lowest BCUT2D eigenvalue weighted by molar-refractivity contribution is -0.127. The maximum atomic E-state index is 11.7.